The maximum atomic E-state index is 12.7. The predicted octanol–water partition coefficient (Wildman–Crippen LogP) is 5.61. The van der Waals surface area contributed by atoms with E-state index in [1.54, 1.807) is 0 Å². The van der Waals surface area contributed by atoms with E-state index in [-0.39, 0.29) is 18.0 Å². The number of fused-ring (bicyclic) bond motifs is 1. The lowest BCUT2D eigenvalue weighted by Gasteiger charge is -2.40. The summed E-state index contributed by atoms with van der Waals surface area (Å²) in [5.74, 6) is -0.0359. The highest BCUT2D eigenvalue weighted by Crippen LogP contribution is 2.32. The average Bonchev–Trinajstić information content (AvgIpc) is 2.87. The van der Waals surface area contributed by atoms with Crippen molar-refractivity contribution in [1.82, 2.24) is 4.90 Å². The summed E-state index contributed by atoms with van der Waals surface area (Å²) in [4.78, 5) is 29.2. The highest BCUT2D eigenvalue weighted by Gasteiger charge is 2.34. The summed E-state index contributed by atoms with van der Waals surface area (Å²) in [7, 11) is 0. The molecule has 7 nitrogen and oxygen atoms in total. The fourth-order valence-electron chi connectivity index (χ4n) is 4.96. The van der Waals surface area contributed by atoms with Crippen molar-refractivity contribution in [3.63, 3.8) is 0 Å². The van der Waals surface area contributed by atoms with Gasteiger partial charge in [0.2, 0.25) is 5.91 Å². The third kappa shape index (κ3) is 5.36. The highest BCUT2D eigenvalue weighted by molar-refractivity contribution is 5.93. The quantitative estimate of drug-likeness (QED) is 0.476. The van der Waals surface area contributed by atoms with E-state index in [0.717, 1.165) is 59.8 Å². The number of piperidine rings is 1. The first kappa shape index (κ1) is 23.9. The minimum Gasteiger partial charge on any atom is -0.444 e. The van der Waals surface area contributed by atoms with Gasteiger partial charge >= 0.3 is 6.09 Å². The number of anilines is 4. The maximum absolute atomic E-state index is 12.7. The van der Waals surface area contributed by atoms with Gasteiger partial charge in [0, 0.05) is 41.8 Å². The monoisotopic (exact) mass is 484 g/mol. The Bertz CT molecular complexity index is 1250. The number of para-hydroxylation sites is 1. The van der Waals surface area contributed by atoms with Crippen LogP contribution in [0.2, 0.25) is 0 Å². The second-order valence-corrected chi connectivity index (χ2v) is 9.63. The summed E-state index contributed by atoms with van der Waals surface area (Å²) < 4.78 is 5.44. The summed E-state index contributed by atoms with van der Waals surface area (Å²) in [6, 6.07) is 22.1. The molecule has 1 saturated heterocycles. The van der Waals surface area contributed by atoms with Gasteiger partial charge in [0.05, 0.1) is 12.2 Å². The van der Waals surface area contributed by atoms with Crippen LogP contribution >= 0.6 is 0 Å². The molecule has 2 aliphatic heterocycles. The number of hydrogen-bond acceptors (Lipinski definition) is 5. The van der Waals surface area contributed by atoms with E-state index in [4.69, 9.17) is 4.74 Å². The van der Waals surface area contributed by atoms with Crippen LogP contribution in [0.3, 0.4) is 0 Å². The molecule has 5 rings (SSSR count). The Morgan fingerprint density at radius 3 is 2.44 bits per heavy atom. The Hall–Kier alpha value is -3.84. The van der Waals surface area contributed by atoms with Gasteiger partial charge in [-0.15, -0.1) is 0 Å². The molecule has 0 spiro atoms. The lowest BCUT2D eigenvalue weighted by Crippen LogP contribution is -2.50. The Morgan fingerprint density at radius 1 is 0.972 bits per heavy atom. The number of carbonyl (C=O) groups is 2. The molecule has 0 saturated carbocycles. The van der Waals surface area contributed by atoms with E-state index in [1.165, 1.54) is 5.56 Å². The van der Waals surface area contributed by atoms with E-state index in [1.807, 2.05) is 66.4 Å². The number of amides is 2. The zero-order valence-electron chi connectivity index (χ0n) is 20.8. The van der Waals surface area contributed by atoms with Crippen LogP contribution in [-0.2, 0) is 16.1 Å². The van der Waals surface area contributed by atoms with E-state index in [2.05, 4.69) is 34.6 Å². The summed E-state index contributed by atoms with van der Waals surface area (Å²) in [6.45, 7) is 6.27. The minimum absolute atomic E-state index is 0.0359. The third-order valence-electron chi connectivity index (χ3n) is 6.92. The Kier molecular flexibility index (Phi) is 6.91. The van der Waals surface area contributed by atoms with Crippen LogP contribution in [0.5, 0.6) is 0 Å². The minimum atomic E-state index is -0.275. The molecule has 1 fully saturated rings. The van der Waals surface area contributed by atoms with Crippen molar-refractivity contribution in [3.8, 4) is 0 Å². The van der Waals surface area contributed by atoms with Crippen LogP contribution in [0, 0.1) is 13.8 Å². The average molecular weight is 485 g/mol. The first-order valence-electron chi connectivity index (χ1n) is 12.5. The molecule has 3 aromatic carbocycles. The molecule has 0 radical (unpaired) electrons. The largest absolute Gasteiger partial charge is 0.444 e. The van der Waals surface area contributed by atoms with Gasteiger partial charge in [-0.2, -0.15) is 0 Å². The summed E-state index contributed by atoms with van der Waals surface area (Å²) in [6.07, 6.45) is 1.33. The SMILES string of the molecule is Cc1ccc2c(c1)COC(=O)N2C1CCN(CC(=O)Nc2ccc(Nc3ccccc3C)cc2)CC1. The second kappa shape index (κ2) is 10.4. The number of nitrogens with one attached hydrogen (secondary N) is 2. The van der Waals surface area contributed by atoms with Crippen LogP contribution in [0.15, 0.2) is 66.7 Å². The van der Waals surface area contributed by atoms with Gasteiger partial charge in [0.25, 0.3) is 0 Å². The van der Waals surface area contributed by atoms with Gasteiger partial charge in [-0.1, -0.05) is 35.9 Å². The van der Waals surface area contributed by atoms with Crippen LogP contribution in [0.25, 0.3) is 0 Å². The number of cyclic esters (lactones) is 1. The zero-order chi connectivity index (χ0) is 25.1. The fraction of sp³-hybridized carbons (Fsp3) is 0.310. The number of ether oxygens (including phenoxy) is 1. The van der Waals surface area contributed by atoms with Crippen LogP contribution in [0.1, 0.15) is 29.5 Å². The number of aryl methyl sites for hydroxylation is 2. The number of rotatable bonds is 6. The molecule has 3 aromatic rings. The molecule has 36 heavy (non-hydrogen) atoms. The van der Waals surface area contributed by atoms with Crippen molar-refractivity contribution in [2.45, 2.75) is 39.3 Å². The van der Waals surface area contributed by atoms with Crippen molar-refractivity contribution in [3.05, 3.63) is 83.4 Å². The van der Waals surface area contributed by atoms with Crippen molar-refractivity contribution in [2.24, 2.45) is 0 Å². The van der Waals surface area contributed by atoms with Gasteiger partial charge in [-0.25, -0.2) is 4.79 Å². The van der Waals surface area contributed by atoms with Crippen LogP contribution < -0.4 is 15.5 Å². The molecule has 2 amide bonds. The van der Waals surface area contributed by atoms with Gasteiger partial charge in [-0.05, 0) is 68.7 Å². The molecule has 2 heterocycles. The Balaban J connectivity index is 1.12. The topological polar surface area (TPSA) is 73.9 Å². The molecule has 0 bridgehead atoms. The van der Waals surface area contributed by atoms with Gasteiger partial charge in [0.1, 0.15) is 6.61 Å². The summed E-state index contributed by atoms with van der Waals surface area (Å²) in [5, 5.41) is 6.40. The number of hydrogen-bond donors (Lipinski definition) is 2. The Morgan fingerprint density at radius 2 is 1.69 bits per heavy atom. The van der Waals surface area contributed by atoms with Crippen molar-refractivity contribution in [1.29, 1.82) is 0 Å². The normalized spacial score (nSPS) is 16.3. The number of benzene rings is 3. The Labute approximate surface area is 212 Å². The first-order chi connectivity index (χ1) is 17.5. The molecule has 0 unspecified atom stereocenters. The van der Waals surface area contributed by atoms with Crippen LogP contribution in [-0.4, -0.2) is 42.6 Å². The fourth-order valence-corrected chi connectivity index (χ4v) is 4.96. The molecular formula is C29H32N4O3. The number of nitrogens with zero attached hydrogens (tertiary/aromatic N) is 2. The first-order valence-corrected chi connectivity index (χ1v) is 12.5. The molecule has 0 atom stereocenters. The molecule has 0 aromatic heterocycles. The lowest BCUT2D eigenvalue weighted by atomic mass is 10.00. The van der Waals surface area contributed by atoms with Crippen molar-refractivity contribution >= 4 is 34.7 Å². The van der Waals surface area contributed by atoms with E-state index in [9.17, 15) is 9.59 Å². The molecule has 0 aliphatic carbocycles. The van der Waals surface area contributed by atoms with E-state index in [0.29, 0.717) is 13.2 Å². The standard InChI is InChI=1S/C29H32N4O3/c1-20-7-12-27-22(17-20)19-36-29(35)33(27)25-13-15-32(16-14-25)18-28(34)31-24-10-8-23(9-11-24)30-26-6-4-3-5-21(26)2/h3-12,17,25,30H,13-16,18-19H2,1-2H3,(H,31,34). The van der Waals surface area contributed by atoms with E-state index >= 15 is 0 Å². The highest BCUT2D eigenvalue weighted by atomic mass is 16.6. The van der Waals surface area contributed by atoms with Crippen molar-refractivity contribution < 1.29 is 14.3 Å². The molecular weight excluding hydrogens is 452 g/mol. The molecule has 2 aliphatic rings. The molecule has 2 N–H and O–H groups in total. The molecule has 7 heteroatoms. The smallest absolute Gasteiger partial charge is 0.414 e. The predicted molar refractivity (Wildman–Crippen MR) is 143 cm³/mol. The van der Waals surface area contributed by atoms with Crippen LogP contribution in [0.4, 0.5) is 27.5 Å². The summed E-state index contributed by atoms with van der Waals surface area (Å²) >= 11 is 0. The number of carbonyl (C=O) groups excluding carboxylic acids is 2. The lowest BCUT2D eigenvalue weighted by molar-refractivity contribution is -0.117. The maximum Gasteiger partial charge on any atom is 0.414 e. The van der Waals surface area contributed by atoms with E-state index < -0.39 is 0 Å². The third-order valence-corrected chi connectivity index (χ3v) is 6.92. The second-order valence-electron chi connectivity index (χ2n) is 9.63. The zero-order valence-corrected chi connectivity index (χ0v) is 20.8. The van der Waals surface area contributed by atoms with Gasteiger partial charge < -0.3 is 15.4 Å². The van der Waals surface area contributed by atoms with Crippen molar-refractivity contribution in [2.75, 3.05) is 35.2 Å². The van der Waals surface area contributed by atoms with Gasteiger partial charge in [0.15, 0.2) is 0 Å². The summed E-state index contributed by atoms with van der Waals surface area (Å²) in [5.41, 5.74) is 7.14. The number of likely N-dealkylation sites (tertiary alicyclic amines) is 1. The molecule has 186 valence electrons. The van der Waals surface area contributed by atoms with Gasteiger partial charge in [-0.3, -0.25) is 14.6 Å².